The van der Waals surface area contributed by atoms with Crippen LogP contribution in [0.1, 0.15) is 12.5 Å². The van der Waals surface area contributed by atoms with Crippen LogP contribution in [0.5, 0.6) is 0 Å². The van der Waals surface area contributed by atoms with E-state index in [4.69, 9.17) is 10.5 Å². The molecule has 0 aliphatic carbocycles. The highest BCUT2D eigenvalue weighted by Crippen LogP contribution is 2.23. The molecule has 0 spiro atoms. The van der Waals surface area contributed by atoms with E-state index in [2.05, 4.69) is 0 Å². The first kappa shape index (κ1) is 13.3. The van der Waals surface area contributed by atoms with Crippen molar-refractivity contribution in [1.82, 2.24) is 4.31 Å². The number of hydrogen-bond acceptors (Lipinski definition) is 4. The summed E-state index contributed by atoms with van der Waals surface area (Å²) >= 11 is 0. The van der Waals surface area contributed by atoms with Gasteiger partial charge in [0.1, 0.15) is 0 Å². The molecule has 0 unspecified atom stereocenters. The summed E-state index contributed by atoms with van der Waals surface area (Å²) in [7, 11) is -3.48. The minimum Gasteiger partial charge on any atom is -0.399 e. The Morgan fingerprint density at radius 2 is 2.11 bits per heavy atom. The van der Waals surface area contributed by atoms with E-state index < -0.39 is 10.0 Å². The fourth-order valence-electron chi connectivity index (χ4n) is 2.13. The third kappa shape index (κ3) is 2.50. The van der Waals surface area contributed by atoms with Crippen molar-refractivity contribution in [3.8, 4) is 0 Å². The van der Waals surface area contributed by atoms with Crippen LogP contribution in [0.15, 0.2) is 23.1 Å². The molecular weight excluding hydrogens is 252 g/mol. The Morgan fingerprint density at radius 3 is 2.72 bits per heavy atom. The molecule has 1 saturated heterocycles. The average Bonchev–Trinajstić information content (AvgIpc) is 2.28. The summed E-state index contributed by atoms with van der Waals surface area (Å²) < 4.78 is 31.8. The van der Waals surface area contributed by atoms with Gasteiger partial charge >= 0.3 is 0 Å². The van der Waals surface area contributed by atoms with Crippen molar-refractivity contribution in [3.05, 3.63) is 23.8 Å². The van der Waals surface area contributed by atoms with Gasteiger partial charge in [-0.2, -0.15) is 4.31 Å². The molecule has 1 fully saturated rings. The van der Waals surface area contributed by atoms with E-state index in [1.54, 1.807) is 12.1 Å². The highest BCUT2D eigenvalue weighted by molar-refractivity contribution is 7.89. The van der Waals surface area contributed by atoms with Gasteiger partial charge in [-0.05, 0) is 37.6 Å². The lowest BCUT2D eigenvalue weighted by atomic mass is 10.2. The van der Waals surface area contributed by atoms with Crippen LogP contribution < -0.4 is 5.73 Å². The Morgan fingerprint density at radius 1 is 1.39 bits per heavy atom. The van der Waals surface area contributed by atoms with Gasteiger partial charge in [0.05, 0.1) is 18.1 Å². The van der Waals surface area contributed by atoms with Crippen LogP contribution >= 0.6 is 0 Å². The van der Waals surface area contributed by atoms with Crippen molar-refractivity contribution in [3.63, 3.8) is 0 Å². The van der Waals surface area contributed by atoms with E-state index in [-0.39, 0.29) is 10.9 Å². The van der Waals surface area contributed by atoms with Crippen LogP contribution in [0.4, 0.5) is 5.69 Å². The van der Waals surface area contributed by atoms with E-state index in [0.29, 0.717) is 25.4 Å². The van der Waals surface area contributed by atoms with Crippen LogP contribution in [0.2, 0.25) is 0 Å². The molecular formula is C12H18N2O3S. The quantitative estimate of drug-likeness (QED) is 0.813. The first-order chi connectivity index (χ1) is 8.41. The summed E-state index contributed by atoms with van der Waals surface area (Å²) in [6.45, 7) is 4.93. The van der Waals surface area contributed by atoms with Gasteiger partial charge in [0.2, 0.25) is 10.0 Å². The molecule has 0 saturated carbocycles. The zero-order chi connectivity index (χ0) is 13.3. The van der Waals surface area contributed by atoms with Crippen LogP contribution in [-0.4, -0.2) is 38.5 Å². The standard InChI is InChI=1S/C12H18N2O3S/c1-9-5-11(13)7-12(6-9)18(15,16)14-3-4-17-8-10(14)2/h5-7,10H,3-4,8,13H2,1-2H3/t10-/m1/s1. The molecule has 1 heterocycles. The van der Waals surface area contributed by atoms with E-state index in [0.717, 1.165) is 5.56 Å². The number of nitrogens with zero attached hydrogens (tertiary/aromatic N) is 1. The van der Waals surface area contributed by atoms with Crippen LogP contribution in [0.25, 0.3) is 0 Å². The molecule has 0 aromatic heterocycles. The fraction of sp³-hybridized carbons (Fsp3) is 0.500. The van der Waals surface area contributed by atoms with Crippen LogP contribution in [-0.2, 0) is 14.8 Å². The van der Waals surface area contributed by atoms with Gasteiger partial charge in [-0.3, -0.25) is 0 Å². The molecule has 0 bridgehead atoms. The van der Waals surface area contributed by atoms with E-state index in [1.807, 2.05) is 13.8 Å². The number of morpholine rings is 1. The number of hydrogen-bond donors (Lipinski definition) is 1. The number of nitrogen functional groups attached to an aromatic ring is 1. The van der Waals surface area contributed by atoms with Crippen molar-refractivity contribution >= 4 is 15.7 Å². The maximum Gasteiger partial charge on any atom is 0.243 e. The number of anilines is 1. The van der Waals surface area contributed by atoms with Gasteiger partial charge in [-0.1, -0.05) is 0 Å². The lowest BCUT2D eigenvalue weighted by Crippen LogP contribution is -2.46. The monoisotopic (exact) mass is 270 g/mol. The van der Waals surface area contributed by atoms with Gasteiger partial charge < -0.3 is 10.5 Å². The van der Waals surface area contributed by atoms with Crippen LogP contribution in [0.3, 0.4) is 0 Å². The molecule has 2 N–H and O–H groups in total. The smallest absolute Gasteiger partial charge is 0.243 e. The number of benzene rings is 1. The van der Waals surface area contributed by atoms with Crippen molar-refractivity contribution in [2.24, 2.45) is 0 Å². The second-order valence-corrected chi connectivity index (χ2v) is 6.51. The summed E-state index contributed by atoms with van der Waals surface area (Å²) in [6.07, 6.45) is 0. The van der Waals surface area contributed by atoms with Crippen molar-refractivity contribution in [2.45, 2.75) is 24.8 Å². The molecule has 5 nitrogen and oxygen atoms in total. The zero-order valence-electron chi connectivity index (χ0n) is 10.6. The number of sulfonamides is 1. The van der Waals surface area contributed by atoms with Gasteiger partial charge in [-0.15, -0.1) is 0 Å². The highest BCUT2D eigenvalue weighted by Gasteiger charge is 2.31. The highest BCUT2D eigenvalue weighted by atomic mass is 32.2. The SMILES string of the molecule is Cc1cc(N)cc(S(=O)(=O)N2CCOC[C@H]2C)c1. The molecule has 1 atom stereocenters. The summed E-state index contributed by atoms with van der Waals surface area (Å²) in [5.74, 6) is 0. The van der Waals surface area contributed by atoms with E-state index in [1.165, 1.54) is 10.4 Å². The van der Waals surface area contributed by atoms with Crippen molar-refractivity contribution in [2.75, 3.05) is 25.5 Å². The Bertz CT molecular complexity index is 522. The first-order valence-corrected chi connectivity index (χ1v) is 7.32. The molecule has 1 aliphatic heterocycles. The lowest BCUT2D eigenvalue weighted by Gasteiger charge is -2.32. The molecule has 1 aromatic rings. The Labute approximate surface area is 108 Å². The lowest BCUT2D eigenvalue weighted by molar-refractivity contribution is 0.0393. The second-order valence-electron chi connectivity index (χ2n) is 4.62. The predicted octanol–water partition coefficient (Wildman–Crippen LogP) is 0.987. The minimum atomic E-state index is -3.48. The normalized spacial score (nSPS) is 22.0. The van der Waals surface area contributed by atoms with Gasteiger partial charge in [0.15, 0.2) is 0 Å². The van der Waals surface area contributed by atoms with Crippen molar-refractivity contribution < 1.29 is 13.2 Å². The number of ether oxygens (including phenoxy) is 1. The first-order valence-electron chi connectivity index (χ1n) is 5.88. The minimum absolute atomic E-state index is 0.148. The Kier molecular flexibility index (Phi) is 3.61. The molecule has 0 radical (unpaired) electrons. The summed E-state index contributed by atoms with van der Waals surface area (Å²) in [4.78, 5) is 0.258. The maximum absolute atomic E-state index is 12.5. The van der Waals surface area contributed by atoms with Gasteiger partial charge in [0, 0.05) is 18.3 Å². The topological polar surface area (TPSA) is 72.6 Å². The average molecular weight is 270 g/mol. The molecule has 1 aromatic carbocycles. The molecule has 2 rings (SSSR count). The fourth-order valence-corrected chi connectivity index (χ4v) is 3.87. The molecule has 18 heavy (non-hydrogen) atoms. The third-order valence-corrected chi connectivity index (χ3v) is 4.98. The summed E-state index contributed by atoms with van der Waals surface area (Å²) in [5.41, 5.74) is 7.02. The molecule has 100 valence electrons. The van der Waals surface area contributed by atoms with Gasteiger partial charge in [-0.25, -0.2) is 8.42 Å². The Hall–Kier alpha value is -1.11. The van der Waals surface area contributed by atoms with E-state index >= 15 is 0 Å². The third-order valence-electron chi connectivity index (χ3n) is 2.99. The largest absolute Gasteiger partial charge is 0.399 e. The molecule has 1 aliphatic rings. The predicted molar refractivity (Wildman–Crippen MR) is 69.8 cm³/mol. The second kappa shape index (κ2) is 4.87. The zero-order valence-corrected chi connectivity index (χ0v) is 11.4. The summed E-state index contributed by atoms with van der Waals surface area (Å²) in [6, 6.07) is 4.76. The molecule has 0 amide bonds. The van der Waals surface area contributed by atoms with Crippen molar-refractivity contribution in [1.29, 1.82) is 0 Å². The summed E-state index contributed by atoms with van der Waals surface area (Å²) in [5, 5.41) is 0. The number of nitrogens with two attached hydrogens (primary N) is 1. The maximum atomic E-state index is 12.5. The molecule has 6 heteroatoms. The van der Waals surface area contributed by atoms with E-state index in [9.17, 15) is 8.42 Å². The van der Waals surface area contributed by atoms with Gasteiger partial charge in [0.25, 0.3) is 0 Å². The number of rotatable bonds is 2. The van der Waals surface area contributed by atoms with Crippen LogP contribution in [0, 0.1) is 6.92 Å². The number of aryl methyl sites for hydroxylation is 1. The Balaban J connectivity index is 2.40.